The summed E-state index contributed by atoms with van der Waals surface area (Å²) in [5.41, 5.74) is 1.13. The Bertz CT molecular complexity index is 402. The summed E-state index contributed by atoms with van der Waals surface area (Å²) in [6.45, 7) is 3.67. The smallest absolute Gasteiger partial charge is 0.216 e. The molecule has 0 aliphatic carbocycles. The molecule has 15 heavy (non-hydrogen) atoms. The molecule has 83 valence electrons. The van der Waals surface area contributed by atoms with Crippen molar-refractivity contribution in [1.29, 1.82) is 0 Å². The molecule has 0 fully saturated rings. The van der Waals surface area contributed by atoms with Crippen LogP contribution in [-0.2, 0) is 14.6 Å². The monoisotopic (exact) mass is 227 g/mol. The quantitative estimate of drug-likeness (QED) is 0.792. The van der Waals surface area contributed by atoms with E-state index in [0.29, 0.717) is 6.42 Å². The fourth-order valence-corrected chi connectivity index (χ4v) is 2.65. The molecule has 0 amide bonds. The lowest BCUT2D eigenvalue weighted by atomic mass is 10.2. The van der Waals surface area contributed by atoms with E-state index in [9.17, 15) is 8.42 Å². The van der Waals surface area contributed by atoms with Crippen LogP contribution in [0.4, 0.5) is 0 Å². The Hall–Kier alpha value is -0.870. The maximum atomic E-state index is 11.9. The van der Waals surface area contributed by atoms with E-state index in [4.69, 9.17) is 4.74 Å². The minimum absolute atomic E-state index is 0.103. The van der Waals surface area contributed by atoms with Gasteiger partial charge < -0.3 is 4.74 Å². The molecule has 0 unspecified atom stereocenters. The molecule has 0 N–H and O–H groups in total. The second-order valence-corrected chi connectivity index (χ2v) is 5.18. The number of hydrogen-bond donors (Lipinski definition) is 0. The van der Waals surface area contributed by atoms with Crippen LogP contribution in [-0.4, -0.2) is 15.5 Å². The zero-order valence-electron chi connectivity index (χ0n) is 9.15. The third-order valence-corrected chi connectivity index (χ3v) is 4.09. The maximum absolute atomic E-state index is 11.9. The minimum Gasteiger partial charge on any atom is -0.358 e. The van der Waals surface area contributed by atoms with Crippen LogP contribution in [0, 0.1) is 12.4 Å². The van der Waals surface area contributed by atoms with Gasteiger partial charge in [0.15, 0.2) is 0 Å². The Morgan fingerprint density at radius 2 is 1.80 bits per heavy atom. The Morgan fingerprint density at radius 3 is 2.20 bits per heavy atom. The summed E-state index contributed by atoms with van der Waals surface area (Å²) in [6, 6.07) is 6.74. The van der Waals surface area contributed by atoms with E-state index in [2.05, 4.69) is 0 Å². The molecule has 4 heteroatoms. The topological polar surface area (TPSA) is 43.4 Å². The zero-order valence-corrected chi connectivity index (χ0v) is 9.97. The number of rotatable bonds is 4. The fraction of sp³-hybridized carbons (Fsp3) is 0.364. The lowest BCUT2D eigenvalue weighted by Crippen LogP contribution is -2.14. The van der Waals surface area contributed by atoms with Gasteiger partial charge >= 0.3 is 0 Å². The Kier molecular flexibility index (Phi) is 3.88. The Morgan fingerprint density at radius 1 is 1.27 bits per heavy atom. The SMILES string of the molecule is CC[C](OC)S(=O)(=O)c1ccc(C)cc1. The van der Waals surface area contributed by atoms with Gasteiger partial charge in [0.2, 0.25) is 15.3 Å². The molecule has 1 aromatic rings. The zero-order chi connectivity index (χ0) is 11.5. The molecule has 0 bridgehead atoms. The number of ether oxygens (including phenoxy) is 1. The molecular formula is C11H15O3S. The molecule has 0 aromatic heterocycles. The van der Waals surface area contributed by atoms with Crippen molar-refractivity contribution < 1.29 is 13.2 Å². The molecule has 1 radical (unpaired) electrons. The first kappa shape index (κ1) is 12.2. The molecule has 0 spiro atoms. The maximum Gasteiger partial charge on any atom is 0.216 e. The molecule has 0 heterocycles. The highest BCUT2D eigenvalue weighted by atomic mass is 32.2. The summed E-state index contributed by atoms with van der Waals surface area (Å²) in [5, 5.41) is 0. The standard InChI is InChI=1S/C11H15O3S/c1-4-11(14-3)15(12,13)10-7-5-9(2)6-8-10/h5-8H,4H2,1-3H3. The highest BCUT2D eigenvalue weighted by Gasteiger charge is 2.26. The van der Waals surface area contributed by atoms with Crippen LogP contribution in [0.3, 0.4) is 0 Å². The second kappa shape index (κ2) is 4.77. The summed E-state index contributed by atoms with van der Waals surface area (Å²) < 4.78 is 28.8. The lowest BCUT2D eigenvalue weighted by Gasteiger charge is -2.12. The molecule has 0 atom stereocenters. The molecule has 0 aliphatic rings. The van der Waals surface area contributed by atoms with E-state index in [1.54, 1.807) is 31.2 Å². The highest BCUT2D eigenvalue weighted by Crippen LogP contribution is 2.24. The van der Waals surface area contributed by atoms with Crippen molar-refractivity contribution in [3.8, 4) is 0 Å². The van der Waals surface area contributed by atoms with Crippen molar-refractivity contribution in [2.24, 2.45) is 0 Å². The lowest BCUT2D eigenvalue weighted by molar-refractivity contribution is 0.241. The number of methoxy groups -OCH3 is 1. The summed E-state index contributed by atoms with van der Waals surface area (Å²) in [7, 11) is -2.04. The predicted octanol–water partition coefficient (Wildman–Crippen LogP) is 2.31. The van der Waals surface area contributed by atoms with Gasteiger partial charge in [0, 0.05) is 7.11 Å². The normalized spacial score (nSPS) is 12.0. The highest BCUT2D eigenvalue weighted by molar-refractivity contribution is 7.94. The van der Waals surface area contributed by atoms with Crippen molar-refractivity contribution >= 4 is 9.84 Å². The van der Waals surface area contributed by atoms with Crippen molar-refractivity contribution in [2.45, 2.75) is 25.2 Å². The van der Waals surface area contributed by atoms with Gasteiger partial charge in [-0.05, 0) is 25.5 Å². The minimum atomic E-state index is -3.42. The van der Waals surface area contributed by atoms with Crippen molar-refractivity contribution in [1.82, 2.24) is 0 Å². The van der Waals surface area contributed by atoms with Gasteiger partial charge in [-0.3, -0.25) is 0 Å². The van der Waals surface area contributed by atoms with E-state index in [-0.39, 0.29) is 10.3 Å². The van der Waals surface area contributed by atoms with E-state index in [0.717, 1.165) is 5.56 Å². The van der Waals surface area contributed by atoms with E-state index >= 15 is 0 Å². The molecule has 0 saturated heterocycles. The first-order valence-corrected chi connectivity index (χ1v) is 6.22. The number of hydrogen-bond acceptors (Lipinski definition) is 3. The first-order chi connectivity index (χ1) is 7.02. The van der Waals surface area contributed by atoms with E-state index in [1.807, 2.05) is 6.92 Å². The summed E-state index contributed by atoms with van der Waals surface area (Å²) >= 11 is 0. The summed E-state index contributed by atoms with van der Waals surface area (Å²) in [5.74, 6) is 0. The first-order valence-electron chi connectivity index (χ1n) is 4.74. The number of sulfone groups is 1. The third-order valence-electron chi connectivity index (χ3n) is 2.15. The average molecular weight is 227 g/mol. The van der Waals surface area contributed by atoms with Gasteiger partial charge in [-0.1, -0.05) is 24.6 Å². The Labute approximate surface area is 91.0 Å². The third kappa shape index (κ3) is 2.58. The van der Waals surface area contributed by atoms with E-state index in [1.165, 1.54) is 7.11 Å². The van der Waals surface area contributed by atoms with Crippen LogP contribution in [0.5, 0.6) is 0 Å². The summed E-state index contributed by atoms with van der Waals surface area (Å²) in [4.78, 5) is 0.284. The van der Waals surface area contributed by atoms with Crippen LogP contribution in [0.1, 0.15) is 18.9 Å². The van der Waals surface area contributed by atoms with Crippen molar-refractivity contribution in [3.63, 3.8) is 0 Å². The molecule has 1 rings (SSSR count). The fourth-order valence-electron chi connectivity index (χ4n) is 1.29. The van der Waals surface area contributed by atoms with Gasteiger partial charge in [-0.2, -0.15) is 0 Å². The molecule has 0 aliphatic heterocycles. The number of aryl methyl sites for hydroxylation is 1. The molecule has 1 aromatic carbocycles. The average Bonchev–Trinajstić information content (AvgIpc) is 2.19. The molecular weight excluding hydrogens is 212 g/mol. The van der Waals surface area contributed by atoms with Crippen molar-refractivity contribution in [3.05, 3.63) is 35.3 Å². The molecule has 3 nitrogen and oxygen atoms in total. The van der Waals surface area contributed by atoms with Gasteiger partial charge in [0.05, 0.1) is 4.90 Å². The second-order valence-electron chi connectivity index (χ2n) is 3.25. The van der Waals surface area contributed by atoms with Crippen LogP contribution in [0.2, 0.25) is 0 Å². The van der Waals surface area contributed by atoms with Crippen LogP contribution in [0.25, 0.3) is 0 Å². The van der Waals surface area contributed by atoms with Crippen LogP contribution in [0.15, 0.2) is 29.2 Å². The van der Waals surface area contributed by atoms with E-state index < -0.39 is 9.84 Å². The number of benzene rings is 1. The van der Waals surface area contributed by atoms with Gasteiger partial charge in [-0.15, -0.1) is 0 Å². The van der Waals surface area contributed by atoms with Gasteiger partial charge in [0.25, 0.3) is 0 Å². The van der Waals surface area contributed by atoms with Crippen molar-refractivity contribution in [2.75, 3.05) is 7.11 Å². The van der Waals surface area contributed by atoms with Crippen LogP contribution < -0.4 is 0 Å². The van der Waals surface area contributed by atoms with Crippen LogP contribution >= 0.6 is 0 Å². The summed E-state index contributed by atoms with van der Waals surface area (Å²) in [6.07, 6.45) is 0.368. The Balaban J connectivity index is 3.11. The van der Waals surface area contributed by atoms with Gasteiger partial charge in [-0.25, -0.2) is 8.42 Å². The van der Waals surface area contributed by atoms with Gasteiger partial charge in [0.1, 0.15) is 0 Å². The predicted molar refractivity (Wildman–Crippen MR) is 58.9 cm³/mol. The largest absolute Gasteiger partial charge is 0.358 e. The molecule has 0 saturated carbocycles.